The van der Waals surface area contributed by atoms with E-state index in [1.54, 1.807) is 0 Å². The Balaban J connectivity index is 1.96. The summed E-state index contributed by atoms with van der Waals surface area (Å²) in [6, 6.07) is 4.79. The molecule has 0 spiro atoms. The number of carbonyl (C=O) groups is 1. The second-order valence-corrected chi connectivity index (χ2v) is 7.19. The van der Waals surface area contributed by atoms with Crippen molar-refractivity contribution in [2.45, 2.75) is 58.2 Å². The molecule has 5 nitrogen and oxygen atoms in total. The summed E-state index contributed by atoms with van der Waals surface area (Å²) in [5.41, 5.74) is 0.768. The van der Waals surface area contributed by atoms with Crippen molar-refractivity contribution < 1.29 is 9.53 Å². The molecule has 1 aromatic rings. The average Bonchev–Trinajstić information content (AvgIpc) is 2.98. The largest absolute Gasteiger partial charge is 0.444 e. The molecule has 0 radical (unpaired) electrons. The first-order valence-electron chi connectivity index (χ1n) is 8.11. The number of ether oxygens (including phenoxy) is 1. The molecule has 1 aromatic heterocycles. The van der Waals surface area contributed by atoms with Crippen LogP contribution in [0.4, 0.5) is 4.79 Å². The zero-order valence-corrected chi connectivity index (χ0v) is 14.4. The molecular formula is C17H29N3O2. The molecule has 1 aliphatic rings. The normalized spacial score (nSPS) is 21.0. The second kappa shape index (κ2) is 6.73. The fourth-order valence-corrected chi connectivity index (χ4v) is 2.92. The third-order valence-electron chi connectivity index (χ3n) is 4.31. The van der Waals surface area contributed by atoms with Gasteiger partial charge in [0, 0.05) is 37.1 Å². The van der Waals surface area contributed by atoms with Crippen molar-refractivity contribution in [1.82, 2.24) is 14.8 Å². The summed E-state index contributed by atoms with van der Waals surface area (Å²) in [4.78, 5) is 19.7. The summed E-state index contributed by atoms with van der Waals surface area (Å²) < 4.78 is 5.50. The fraction of sp³-hybridized carbons (Fsp3) is 0.706. The zero-order valence-electron chi connectivity index (χ0n) is 14.4. The Morgan fingerprint density at radius 1 is 1.50 bits per heavy atom. The number of likely N-dealkylation sites (N-methyl/N-ethyl adjacent to an activating group) is 1. The lowest BCUT2D eigenvalue weighted by Gasteiger charge is -2.40. The average molecular weight is 307 g/mol. The first-order chi connectivity index (χ1) is 10.3. The third kappa shape index (κ3) is 4.26. The number of aromatic nitrogens is 1. The minimum atomic E-state index is -0.437. The summed E-state index contributed by atoms with van der Waals surface area (Å²) in [5.74, 6) is 0. The number of hydrogen-bond donors (Lipinski definition) is 1. The molecule has 0 aliphatic carbocycles. The van der Waals surface area contributed by atoms with Gasteiger partial charge < -0.3 is 14.6 Å². The number of nitrogens with zero attached hydrogens (tertiary/aromatic N) is 2. The van der Waals surface area contributed by atoms with Crippen LogP contribution in [-0.2, 0) is 4.74 Å². The number of likely N-dealkylation sites (tertiary alicyclic amines) is 1. The van der Waals surface area contributed by atoms with Gasteiger partial charge in [-0.05, 0) is 59.7 Å². The van der Waals surface area contributed by atoms with Crippen LogP contribution in [0.2, 0.25) is 0 Å². The highest BCUT2D eigenvalue weighted by Gasteiger charge is 2.31. The van der Waals surface area contributed by atoms with Crippen LogP contribution in [-0.4, -0.2) is 52.7 Å². The second-order valence-electron chi connectivity index (χ2n) is 7.19. The summed E-state index contributed by atoms with van der Waals surface area (Å²) in [7, 11) is 2.13. The van der Waals surface area contributed by atoms with Gasteiger partial charge in [0.2, 0.25) is 0 Å². The number of piperidine rings is 1. The van der Waals surface area contributed by atoms with Crippen molar-refractivity contribution in [3.8, 4) is 0 Å². The van der Waals surface area contributed by atoms with Crippen molar-refractivity contribution >= 4 is 6.09 Å². The number of H-pyrrole nitrogens is 1. The molecule has 124 valence electrons. The van der Waals surface area contributed by atoms with Crippen LogP contribution in [0.3, 0.4) is 0 Å². The fourth-order valence-electron chi connectivity index (χ4n) is 2.92. The molecule has 0 unspecified atom stereocenters. The van der Waals surface area contributed by atoms with E-state index in [1.807, 2.05) is 37.9 Å². The maximum absolute atomic E-state index is 12.3. The van der Waals surface area contributed by atoms with Gasteiger partial charge in [-0.2, -0.15) is 0 Å². The number of aromatic amines is 1. The minimum Gasteiger partial charge on any atom is -0.444 e. The molecule has 1 saturated heterocycles. The van der Waals surface area contributed by atoms with E-state index in [2.05, 4.69) is 29.9 Å². The predicted octanol–water partition coefficient (Wildman–Crippen LogP) is 3.41. The molecule has 0 saturated carbocycles. The van der Waals surface area contributed by atoms with Crippen molar-refractivity contribution in [2.75, 3.05) is 20.1 Å². The van der Waals surface area contributed by atoms with Crippen LogP contribution < -0.4 is 0 Å². The van der Waals surface area contributed by atoms with Gasteiger partial charge in [-0.3, -0.25) is 4.90 Å². The van der Waals surface area contributed by atoms with Gasteiger partial charge in [0.15, 0.2) is 0 Å². The van der Waals surface area contributed by atoms with Gasteiger partial charge in [-0.15, -0.1) is 0 Å². The molecule has 0 aromatic carbocycles. The van der Waals surface area contributed by atoms with E-state index in [0.717, 1.165) is 25.9 Å². The molecular weight excluding hydrogens is 278 g/mol. The first kappa shape index (κ1) is 16.9. The summed E-state index contributed by atoms with van der Waals surface area (Å²) in [5, 5.41) is 0. The van der Waals surface area contributed by atoms with Crippen LogP contribution in [0.1, 0.15) is 52.3 Å². The molecule has 0 bridgehead atoms. The molecule has 2 heterocycles. The predicted molar refractivity (Wildman–Crippen MR) is 87.8 cm³/mol. The Hall–Kier alpha value is -1.49. The van der Waals surface area contributed by atoms with E-state index < -0.39 is 5.60 Å². The number of hydrogen-bond acceptors (Lipinski definition) is 3. The van der Waals surface area contributed by atoms with Crippen LogP contribution in [0.15, 0.2) is 18.3 Å². The SMILES string of the molecule is C[C@H](c1ccc[nH]1)N(C)[C@@H]1CCCN(C(=O)OC(C)(C)C)C1. The maximum Gasteiger partial charge on any atom is 0.410 e. The number of nitrogens with one attached hydrogen (secondary N) is 1. The minimum absolute atomic E-state index is 0.196. The third-order valence-corrected chi connectivity index (χ3v) is 4.31. The Morgan fingerprint density at radius 3 is 2.82 bits per heavy atom. The Morgan fingerprint density at radius 2 is 2.23 bits per heavy atom. The topological polar surface area (TPSA) is 48.6 Å². The van der Waals surface area contributed by atoms with E-state index in [1.165, 1.54) is 5.69 Å². The highest BCUT2D eigenvalue weighted by atomic mass is 16.6. The van der Waals surface area contributed by atoms with Gasteiger partial charge in [0.25, 0.3) is 0 Å². The van der Waals surface area contributed by atoms with Crippen LogP contribution in [0.25, 0.3) is 0 Å². The summed E-state index contributed by atoms with van der Waals surface area (Å²) in [6.45, 7) is 9.44. The molecule has 22 heavy (non-hydrogen) atoms. The highest BCUT2D eigenvalue weighted by Crippen LogP contribution is 2.25. The summed E-state index contributed by atoms with van der Waals surface area (Å²) >= 11 is 0. The van der Waals surface area contributed by atoms with Crippen molar-refractivity contribution in [1.29, 1.82) is 0 Å². The van der Waals surface area contributed by atoms with Crippen molar-refractivity contribution in [2.24, 2.45) is 0 Å². The van der Waals surface area contributed by atoms with Gasteiger partial charge in [-0.1, -0.05) is 0 Å². The Labute approximate surface area is 133 Å². The number of amides is 1. The Kier molecular flexibility index (Phi) is 5.16. The lowest BCUT2D eigenvalue weighted by Crippen LogP contribution is -2.50. The van der Waals surface area contributed by atoms with E-state index >= 15 is 0 Å². The molecule has 2 rings (SSSR count). The number of carbonyl (C=O) groups excluding carboxylic acids is 1. The smallest absolute Gasteiger partial charge is 0.410 e. The van der Waals surface area contributed by atoms with E-state index in [-0.39, 0.29) is 6.09 Å². The Bertz CT molecular complexity index is 479. The zero-order chi connectivity index (χ0) is 16.3. The maximum atomic E-state index is 12.3. The van der Waals surface area contributed by atoms with Gasteiger partial charge >= 0.3 is 6.09 Å². The van der Waals surface area contributed by atoms with Gasteiger partial charge in [0.1, 0.15) is 5.60 Å². The molecule has 5 heteroatoms. The first-order valence-corrected chi connectivity index (χ1v) is 8.11. The standard InChI is InChI=1S/C17H29N3O2/c1-13(15-9-6-10-18-15)19(5)14-8-7-11-20(12-14)16(21)22-17(2,3)4/h6,9-10,13-14,18H,7-8,11-12H2,1-5H3/t13-,14-/m1/s1. The van der Waals surface area contributed by atoms with E-state index in [9.17, 15) is 4.79 Å². The van der Waals surface area contributed by atoms with Gasteiger partial charge in [0.05, 0.1) is 0 Å². The van der Waals surface area contributed by atoms with Crippen LogP contribution >= 0.6 is 0 Å². The van der Waals surface area contributed by atoms with E-state index in [4.69, 9.17) is 4.74 Å². The molecule has 1 amide bonds. The molecule has 1 aliphatic heterocycles. The van der Waals surface area contributed by atoms with Gasteiger partial charge in [-0.25, -0.2) is 4.79 Å². The van der Waals surface area contributed by atoms with Crippen LogP contribution in [0.5, 0.6) is 0 Å². The monoisotopic (exact) mass is 307 g/mol. The lowest BCUT2D eigenvalue weighted by atomic mass is 10.0. The van der Waals surface area contributed by atoms with Crippen molar-refractivity contribution in [3.05, 3.63) is 24.0 Å². The highest BCUT2D eigenvalue weighted by molar-refractivity contribution is 5.68. The molecule has 1 fully saturated rings. The summed E-state index contributed by atoms with van der Waals surface area (Å²) in [6.07, 6.45) is 3.89. The number of rotatable bonds is 3. The van der Waals surface area contributed by atoms with Crippen LogP contribution in [0, 0.1) is 0 Å². The van der Waals surface area contributed by atoms with Crippen molar-refractivity contribution in [3.63, 3.8) is 0 Å². The molecule has 1 N–H and O–H groups in total. The quantitative estimate of drug-likeness (QED) is 0.931. The lowest BCUT2D eigenvalue weighted by molar-refractivity contribution is 0.00961. The molecule has 2 atom stereocenters. The van der Waals surface area contributed by atoms with E-state index in [0.29, 0.717) is 12.1 Å².